The minimum absolute atomic E-state index is 0.228. The molecule has 2 aliphatic rings. The number of alkyl halides is 1. The van der Waals surface area contributed by atoms with E-state index in [1.165, 1.54) is 0 Å². The average Bonchev–Trinajstić information content (AvgIpc) is 2.68. The number of halogens is 1. The fourth-order valence-corrected chi connectivity index (χ4v) is 4.51. The Morgan fingerprint density at radius 3 is 2.76 bits per heavy atom. The summed E-state index contributed by atoms with van der Waals surface area (Å²) in [7, 11) is -3.28. The normalized spacial score (nSPS) is 20.3. The van der Waals surface area contributed by atoms with E-state index < -0.39 is 16.7 Å². The zero-order valence-corrected chi connectivity index (χ0v) is 13.7. The third kappa shape index (κ3) is 2.40. The minimum atomic E-state index is -3.28. The molecule has 0 unspecified atom stereocenters. The number of nitrogens with zero attached hydrogens (tertiary/aromatic N) is 1. The van der Waals surface area contributed by atoms with Crippen LogP contribution in [-0.4, -0.2) is 44.4 Å². The standard InChI is InChI=1S/C13H16BrNO5S/c14-5-1-2-6-15-13(16)11-10(21(15,17)18)4-3-9-12(11)20-8-7-19-9/h3-4,17-18H,1-2,5-8H2. The second-order valence-electron chi connectivity index (χ2n) is 4.79. The summed E-state index contributed by atoms with van der Waals surface area (Å²) in [5, 5.41) is 0.813. The Balaban J connectivity index is 1.98. The molecule has 8 heteroatoms. The van der Waals surface area contributed by atoms with Gasteiger partial charge in [0, 0.05) is 11.9 Å². The first-order valence-corrected chi connectivity index (χ1v) is 9.28. The van der Waals surface area contributed by atoms with Gasteiger partial charge in [0.05, 0.1) is 4.90 Å². The second kappa shape index (κ2) is 5.68. The number of benzene rings is 1. The maximum absolute atomic E-state index is 12.6. The van der Waals surface area contributed by atoms with Crippen molar-refractivity contribution in [3.8, 4) is 11.5 Å². The predicted molar refractivity (Wildman–Crippen MR) is 82.6 cm³/mol. The van der Waals surface area contributed by atoms with Crippen molar-refractivity contribution in [1.29, 1.82) is 0 Å². The van der Waals surface area contributed by atoms with Crippen LogP contribution in [0.1, 0.15) is 23.2 Å². The summed E-state index contributed by atoms with van der Waals surface area (Å²) in [6.07, 6.45) is 1.55. The summed E-state index contributed by atoms with van der Waals surface area (Å²) >= 11 is 3.32. The van der Waals surface area contributed by atoms with Gasteiger partial charge in [-0.25, -0.2) is 4.31 Å². The number of carbonyl (C=O) groups is 1. The molecule has 116 valence electrons. The van der Waals surface area contributed by atoms with Crippen molar-refractivity contribution in [3.63, 3.8) is 0 Å². The number of amides is 1. The van der Waals surface area contributed by atoms with Gasteiger partial charge in [0.15, 0.2) is 11.5 Å². The molecule has 0 atom stereocenters. The SMILES string of the molecule is O=C1c2c(ccc3c2OCCO3)S(O)(O)N1CCCCBr. The molecule has 1 aromatic rings. The van der Waals surface area contributed by atoms with Crippen LogP contribution in [0.25, 0.3) is 0 Å². The Hall–Kier alpha value is -0.960. The van der Waals surface area contributed by atoms with E-state index in [0.717, 1.165) is 16.1 Å². The number of rotatable bonds is 4. The summed E-state index contributed by atoms with van der Waals surface area (Å²) in [5.41, 5.74) is 0.228. The number of ether oxygens (including phenoxy) is 2. The molecule has 21 heavy (non-hydrogen) atoms. The van der Waals surface area contributed by atoms with Gasteiger partial charge >= 0.3 is 0 Å². The minimum Gasteiger partial charge on any atom is -0.486 e. The fraction of sp³-hybridized carbons (Fsp3) is 0.462. The third-order valence-corrected chi connectivity index (χ3v) is 5.91. The maximum Gasteiger partial charge on any atom is 0.278 e. The van der Waals surface area contributed by atoms with Gasteiger partial charge in [-0.1, -0.05) is 26.7 Å². The molecule has 0 spiro atoms. The summed E-state index contributed by atoms with van der Waals surface area (Å²) < 4.78 is 32.9. The fourth-order valence-electron chi connectivity index (χ4n) is 2.47. The average molecular weight is 378 g/mol. The van der Waals surface area contributed by atoms with Crippen LogP contribution < -0.4 is 9.47 Å². The zero-order chi connectivity index (χ0) is 15.0. The number of fused-ring (bicyclic) bond motifs is 3. The molecular weight excluding hydrogens is 362 g/mol. The predicted octanol–water partition coefficient (Wildman–Crippen LogP) is 3.11. The Bertz CT molecular complexity index is 580. The van der Waals surface area contributed by atoms with Crippen molar-refractivity contribution in [2.45, 2.75) is 17.7 Å². The van der Waals surface area contributed by atoms with Gasteiger partial charge in [0.25, 0.3) is 5.91 Å². The lowest BCUT2D eigenvalue weighted by molar-refractivity contribution is 0.0851. The quantitative estimate of drug-likeness (QED) is 0.622. The first-order valence-electron chi connectivity index (χ1n) is 6.66. The summed E-state index contributed by atoms with van der Waals surface area (Å²) in [4.78, 5) is 12.8. The lowest BCUT2D eigenvalue weighted by Crippen LogP contribution is -2.29. The van der Waals surface area contributed by atoms with Gasteiger partial charge in [-0.3, -0.25) is 13.9 Å². The first kappa shape index (κ1) is 15.0. The van der Waals surface area contributed by atoms with Crippen LogP contribution >= 0.6 is 26.7 Å². The largest absolute Gasteiger partial charge is 0.486 e. The molecule has 1 amide bonds. The van der Waals surface area contributed by atoms with Crippen LogP contribution in [0.2, 0.25) is 0 Å². The molecule has 0 saturated heterocycles. The monoisotopic (exact) mass is 377 g/mol. The van der Waals surface area contributed by atoms with E-state index >= 15 is 0 Å². The van der Waals surface area contributed by atoms with Crippen LogP contribution in [-0.2, 0) is 0 Å². The van der Waals surface area contributed by atoms with E-state index in [0.29, 0.717) is 37.7 Å². The molecule has 2 N–H and O–H groups in total. The van der Waals surface area contributed by atoms with Crippen LogP contribution in [0.5, 0.6) is 11.5 Å². The highest BCUT2D eigenvalue weighted by Gasteiger charge is 2.44. The second-order valence-corrected chi connectivity index (χ2v) is 7.50. The first-order chi connectivity index (χ1) is 10.1. The van der Waals surface area contributed by atoms with Gasteiger partial charge in [-0.15, -0.1) is 0 Å². The molecular formula is C13H16BrNO5S. The van der Waals surface area contributed by atoms with Gasteiger partial charge < -0.3 is 9.47 Å². The van der Waals surface area contributed by atoms with E-state index in [1.807, 2.05) is 0 Å². The lowest BCUT2D eigenvalue weighted by atomic mass is 10.1. The van der Waals surface area contributed by atoms with Crippen LogP contribution in [0, 0.1) is 0 Å². The Morgan fingerprint density at radius 2 is 2.00 bits per heavy atom. The van der Waals surface area contributed by atoms with Gasteiger partial charge in [0.1, 0.15) is 18.8 Å². The van der Waals surface area contributed by atoms with Crippen molar-refractivity contribution in [2.75, 3.05) is 25.1 Å². The number of hydrogen-bond acceptors (Lipinski definition) is 5. The van der Waals surface area contributed by atoms with E-state index in [2.05, 4.69) is 15.9 Å². The molecule has 0 aliphatic carbocycles. The molecule has 1 aromatic carbocycles. The Morgan fingerprint density at radius 1 is 1.24 bits per heavy atom. The van der Waals surface area contributed by atoms with Crippen LogP contribution in [0.3, 0.4) is 0 Å². The van der Waals surface area contributed by atoms with Crippen molar-refractivity contribution in [2.24, 2.45) is 0 Å². The summed E-state index contributed by atoms with van der Waals surface area (Å²) in [5.74, 6) is 0.402. The van der Waals surface area contributed by atoms with Gasteiger partial charge in [0.2, 0.25) is 0 Å². The van der Waals surface area contributed by atoms with Gasteiger partial charge in [-0.2, -0.15) is 0 Å². The number of carbonyl (C=O) groups excluding carboxylic acids is 1. The maximum atomic E-state index is 12.6. The van der Waals surface area contributed by atoms with Crippen molar-refractivity contribution in [1.82, 2.24) is 4.31 Å². The highest BCUT2D eigenvalue weighted by Crippen LogP contribution is 2.61. The van der Waals surface area contributed by atoms with E-state index in [-0.39, 0.29) is 10.5 Å². The third-order valence-electron chi connectivity index (χ3n) is 3.46. The van der Waals surface area contributed by atoms with Crippen LogP contribution in [0.4, 0.5) is 0 Å². The smallest absolute Gasteiger partial charge is 0.278 e. The van der Waals surface area contributed by atoms with E-state index in [9.17, 15) is 13.9 Å². The van der Waals surface area contributed by atoms with E-state index in [1.54, 1.807) is 12.1 Å². The molecule has 0 aromatic heterocycles. The number of hydrogen-bond donors (Lipinski definition) is 2. The molecule has 6 nitrogen and oxygen atoms in total. The Labute approximate surface area is 132 Å². The zero-order valence-electron chi connectivity index (χ0n) is 11.2. The molecule has 0 radical (unpaired) electrons. The molecule has 2 aliphatic heterocycles. The van der Waals surface area contributed by atoms with Crippen molar-refractivity contribution in [3.05, 3.63) is 17.7 Å². The van der Waals surface area contributed by atoms with Crippen molar-refractivity contribution >= 4 is 32.6 Å². The van der Waals surface area contributed by atoms with Gasteiger partial charge in [-0.05, 0) is 25.0 Å². The number of unbranched alkanes of at least 4 members (excludes halogenated alkanes) is 1. The highest BCUT2D eigenvalue weighted by atomic mass is 79.9. The van der Waals surface area contributed by atoms with Crippen LogP contribution in [0.15, 0.2) is 17.0 Å². The Kier molecular flexibility index (Phi) is 4.04. The van der Waals surface area contributed by atoms with E-state index in [4.69, 9.17) is 9.47 Å². The highest BCUT2D eigenvalue weighted by molar-refractivity contribution is 9.09. The molecule has 2 heterocycles. The molecule has 3 rings (SSSR count). The topological polar surface area (TPSA) is 79.2 Å². The molecule has 0 bridgehead atoms. The molecule has 0 saturated carbocycles. The molecule has 0 fully saturated rings. The van der Waals surface area contributed by atoms with Crippen molar-refractivity contribution < 1.29 is 23.4 Å². The summed E-state index contributed by atoms with van der Waals surface area (Å²) in [6.45, 7) is 1.07. The lowest BCUT2D eigenvalue weighted by Gasteiger charge is -2.36. The summed E-state index contributed by atoms with van der Waals surface area (Å²) in [6, 6.07) is 3.16.